The minimum atomic E-state index is -3.45. The van der Waals surface area contributed by atoms with Gasteiger partial charge >= 0.3 is 5.97 Å². The molecule has 186 valence electrons. The Morgan fingerprint density at radius 2 is 1.88 bits per heavy atom. The van der Waals surface area contributed by atoms with Crippen molar-refractivity contribution in [1.82, 2.24) is 19.1 Å². The van der Waals surface area contributed by atoms with Gasteiger partial charge in [-0.05, 0) is 51.2 Å². The second-order valence-corrected chi connectivity index (χ2v) is 11.4. The predicted octanol–water partition coefficient (Wildman–Crippen LogP) is 2.68. The molecule has 2 aliphatic heterocycles. The third-order valence-electron chi connectivity index (χ3n) is 7.40. The molecule has 0 amide bonds. The first-order chi connectivity index (χ1) is 16.2. The van der Waals surface area contributed by atoms with Gasteiger partial charge in [-0.2, -0.15) is 4.31 Å². The number of hydrogen-bond donors (Lipinski definition) is 0. The fourth-order valence-corrected chi connectivity index (χ4v) is 7.33. The smallest absolute Gasteiger partial charge is 0.332 e. The number of esters is 1. The summed E-state index contributed by atoms with van der Waals surface area (Å²) < 4.78 is 49.3. The standard InChI is InChI=1S/C23H32FN5O4S/c1-4-20-8-5-17(2)29(34(20,31)32)14-18-6-7-19(13-21(18)24)27-11-9-23(10-12-27,22(30)33-3)28-15-25-26-16-28/h6-7,13,15-17,20H,4-5,8-12,14H2,1-3H3/t17-,20?/m0/s1. The maximum atomic E-state index is 15.1. The second kappa shape index (κ2) is 9.61. The molecule has 1 unspecified atom stereocenters. The first-order valence-corrected chi connectivity index (χ1v) is 13.2. The highest BCUT2D eigenvalue weighted by molar-refractivity contribution is 7.89. The number of carbonyl (C=O) groups is 1. The number of nitrogens with zero attached hydrogens (tertiary/aromatic N) is 5. The highest BCUT2D eigenvalue weighted by Gasteiger charge is 2.44. The number of carbonyl (C=O) groups excluding carboxylic acids is 1. The van der Waals surface area contributed by atoms with Crippen molar-refractivity contribution in [1.29, 1.82) is 0 Å². The molecule has 1 aromatic heterocycles. The number of anilines is 1. The van der Waals surface area contributed by atoms with Crippen LogP contribution in [0.3, 0.4) is 0 Å². The Morgan fingerprint density at radius 1 is 1.21 bits per heavy atom. The Kier molecular flexibility index (Phi) is 6.95. The van der Waals surface area contributed by atoms with E-state index in [1.807, 2.05) is 24.8 Å². The van der Waals surface area contributed by atoms with Gasteiger partial charge < -0.3 is 14.2 Å². The first kappa shape index (κ1) is 24.6. The SMILES string of the molecule is CCC1CC[C@H](C)N(Cc2ccc(N3CCC(C(=O)OC)(n4cnnc4)CC3)cc2F)S1(=O)=O. The fraction of sp³-hybridized carbons (Fsp3) is 0.609. The molecule has 2 aliphatic rings. The summed E-state index contributed by atoms with van der Waals surface area (Å²) >= 11 is 0. The molecular formula is C23H32FN5O4S. The fourth-order valence-electron chi connectivity index (χ4n) is 5.17. The van der Waals surface area contributed by atoms with Gasteiger partial charge in [0.25, 0.3) is 0 Å². The lowest BCUT2D eigenvalue weighted by atomic mass is 9.87. The van der Waals surface area contributed by atoms with Crippen LogP contribution in [0.1, 0.15) is 51.5 Å². The number of methoxy groups -OCH3 is 1. The molecule has 2 saturated heterocycles. The van der Waals surface area contributed by atoms with E-state index in [1.54, 1.807) is 10.6 Å². The van der Waals surface area contributed by atoms with E-state index in [0.29, 0.717) is 50.0 Å². The van der Waals surface area contributed by atoms with E-state index in [1.165, 1.54) is 30.1 Å². The van der Waals surface area contributed by atoms with Crippen LogP contribution in [0.25, 0.3) is 0 Å². The van der Waals surface area contributed by atoms with E-state index < -0.39 is 26.6 Å². The van der Waals surface area contributed by atoms with Crippen molar-refractivity contribution >= 4 is 21.7 Å². The molecule has 3 heterocycles. The summed E-state index contributed by atoms with van der Waals surface area (Å²) in [5.74, 6) is -0.780. The highest BCUT2D eigenvalue weighted by Crippen LogP contribution is 2.35. The van der Waals surface area contributed by atoms with Gasteiger partial charge in [-0.3, -0.25) is 0 Å². The van der Waals surface area contributed by atoms with Crippen LogP contribution in [0, 0.1) is 5.82 Å². The highest BCUT2D eigenvalue weighted by atomic mass is 32.2. The molecule has 1 aromatic carbocycles. The summed E-state index contributed by atoms with van der Waals surface area (Å²) in [6.07, 6.45) is 5.93. The van der Waals surface area contributed by atoms with Crippen molar-refractivity contribution in [2.75, 3.05) is 25.1 Å². The summed E-state index contributed by atoms with van der Waals surface area (Å²) in [5, 5.41) is 7.25. The van der Waals surface area contributed by atoms with Crippen LogP contribution in [-0.4, -0.2) is 64.9 Å². The number of ether oxygens (including phenoxy) is 1. The minimum absolute atomic E-state index is 0.0329. The quantitative estimate of drug-likeness (QED) is 0.571. The van der Waals surface area contributed by atoms with Crippen LogP contribution in [0.4, 0.5) is 10.1 Å². The Hall–Kier alpha value is -2.53. The van der Waals surface area contributed by atoms with Gasteiger partial charge in [0.05, 0.1) is 12.4 Å². The average molecular weight is 494 g/mol. The summed E-state index contributed by atoms with van der Waals surface area (Å²) in [6, 6.07) is 4.79. The van der Waals surface area contributed by atoms with Crippen molar-refractivity contribution in [3.63, 3.8) is 0 Å². The number of rotatable bonds is 6. The summed E-state index contributed by atoms with van der Waals surface area (Å²) in [4.78, 5) is 14.6. The van der Waals surface area contributed by atoms with Crippen molar-refractivity contribution in [2.45, 2.75) is 69.3 Å². The normalized spacial score (nSPS) is 24.6. The Balaban J connectivity index is 1.49. The molecule has 0 aliphatic carbocycles. The molecule has 0 radical (unpaired) electrons. The minimum Gasteiger partial charge on any atom is -0.467 e. The molecule has 34 heavy (non-hydrogen) atoms. The maximum absolute atomic E-state index is 15.1. The zero-order valence-electron chi connectivity index (χ0n) is 19.9. The number of halogens is 1. The maximum Gasteiger partial charge on any atom is 0.332 e. The third-order valence-corrected chi connectivity index (χ3v) is 9.95. The molecule has 9 nitrogen and oxygen atoms in total. The van der Waals surface area contributed by atoms with Crippen LogP contribution >= 0.6 is 0 Å². The van der Waals surface area contributed by atoms with Gasteiger partial charge in [-0.1, -0.05) is 13.0 Å². The molecule has 0 bridgehead atoms. The summed E-state index contributed by atoms with van der Waals surface area (Å²) in [6.45, 7) is 4.82. The van der Waals surface area contributed by atoms with Crippen LogP contribution in [0.2, 0.25) is 0 Å². The second-order valence-electron chi connectivity index (χ2n) is 9.20. The van der Waals surface area contributed by atoms with Gasteiger partial charge in [0.15, 0.2) is 0 Å². The predicted molar refractivity (Wildman–Crippen MR) is 125 cm³/mol. The first-order valence-electron chi connectivity index (χ1n) is 11.7. The molecule has 11 heteroatoms. The van der Waals surface area contributed by atoms with Crippen molar-refractivity contribution in [3.8, 4) is 0 Å². The molecule has 0 N–H and O–H groups in total. The molecule has 2 atom stereocenters. The lowest BCUT2D eigenvalue weighted by molar-refractivity contribution is -0.152. The molecular weight excluding hydrogens is 461 g/mol. The van der Waals surface area contributed by atoms with E-state index in [4.69, 9.17) is 4.74 Å². The van der Waals surface area contributed by atoms with Gasteiger partial charge in [0.2, 0.25) is 10.0 Å². The van der Waals surface area contributed by atoms with Crippen LogP contribution in [-0.2, 0) is 31.6 Å². The van der Waals surface area contributed by atoms with Crippen molar-refractivity contribution < 1.29 is 22.3 Å². The molecule has 4 rings (SSSR count). The number of sulfonamides is 1. The van der Waals surface area contributed by atoms with Gasteiger partial charge in [-0.15, -0.1) is 10.2 Å². The summed E-state index contributed by atoms with van der Waals surface area (Å²) in [7, 11) is -2.09. The lowest BCUT2D eigenvalue weighted by Crippen LogP contribution is -2.51. The largest absolute Gasteiger partial charge is 0.467 e. The zero-order chi connectivity index (χ0) is 24.5. The van der Waals surface area contributed by atoms with Crippen LogP contribution in [0.15, 0.2) is 30.9 Å². The number of benzene rings is 1. The van der Waals surface area contributed by atoms with E-state index >= 15 is 4.39 Å². The van der Waals surface area contributed by atoms with Crippen LogP contribution in [0.5, 0.6) is 0 Å². The average Bonchev–Trinajstić information content (AvgIpc) is 3.37. The molecule has 0 spiro atoms. The monoisotopic (exact) mass is 493 g/mol. The number of aromatic nitrogens is 3. The third kappa shape index (κ3) is 4.31. The van der Waals surface area contributed by atoms with E-state index in [-0.39, 0.29) is 18.6 Å². The van der Waals surface area contributed by atoms with E-state index in [9.17, 15) is 13.2 Å². The van der Waals surface area contributed by atoms with E-state index in [0.717, 1.165) is 6.42 Å². The van der Waals surface area contributed by atoms with Gasteiger partial charge in [-0.25, -0.2) is 17.6 Å². The Bertz CT molecular complexity index is 1120. The number of piperidine rings is 1. The molecule has 0 saturated carbocycles. The molecule has 2 fully saturated rings. The Labute approximate surface area is 199 Å². The van der Waals surface area contributed by atoms with Crippen molar-refractivity contribution in [3.05, 3.63) is 42.2 Å². The number of hydrogen-bond acceptors (Lipinski definition) is 7. The lowest BCUT2D eigenvalue weighted by Gasteiger charge is -2.41. The summed E-state index contributed by atoms with van der Waals surface area (Å²) in [5.41, 5.74) is 0.174. The van der Waals surface area contributed by atoms with E-state index in [2.05, 4.69) is 10.2 Å². The Morgan fingerprint density at radius 3 is 2.47 bits per heavy atom. The molecule has 2 aromatic rings. The van der Waals surface area contributed by atoms with Gasteiger partial charge in [0, 0.05) is 36.9 Å². The topological polar surface area (TPSA) is 97.6 Å². The zero-order valence-corrected chi connectivity index (χ0v) is 20.7. The van der Waals surface area contributed by atoms with Crippen LogP contribution < -0.4 is 4.90 Å². The van der Waals surface area contributed by atoms with Gasteiger partial charge in [0.1, 0.15) is 24.0 Å². The van der Waals surface area contributed by atoms with Crippen molar-refractivity contribution in [2.24, 2.45) is 0 Å².